The number of carbonyl (C=O) groups is 1. The molecule has 0 aliphatic carbocycles. The molecule has 2 aromatic rings. The summed E-state index contributed by atoms with van der Waals surface area (Å²) in [4.78, 5) is 11.8. The van der Waals surface area contributed by atoms with Crippen molar-refractivity contribution >= 4 is 23.7 Å². The average Bonchev–Trinajstić information content (AvgIpc) is 2.48. The molecule has 0 atom stereocenters. The quantitative estimate of drug-likeness (QED) is 0.669. The Labute approximate surface area is 129 Å². The van der Waals surface area contributed by atoms with Gasteiger partial charge in [-0.3, -0.25) is 4.79 Å². The average molecular weight is 327 g/mol. The Kier molecular flexibility index (Phi) is 4.82. The van der Waals surface area contributed by atoms with Crippen molar-refractivity contribution in [2.45, 2.75) is 6.18 Å². The monoisotopic (exact) mass is 326 g/mol. The first-order chi connectivity index (χ1) is 10.4. The minimum absolute atomic E-state index is 0.133. The van der Waals surface area contributed by atoms with Gasteiger partial charge in [0.05, 0.1) is 11.8 Å². The van der Waals surface area contributed by atoms with Crippen molar-refractivity contribution in [1.82, 2.24) is 5.43 Å². The predicted octanol–water partition coefficient (Wildman–Crippen LogP) is 4.12. The fraction of sp³-hybridized carbons (Fsp3) is 0.0667. The molecule has 0 aliphatic heterocycles. The Bertz CT molecular complexity index is 714. The second kappa shape index (κ2) is 6.62. The standard InChI is InChI=1S/C15H10ClF3N2O/c16-13-7-2-1-4-11(13)9-20-21-14(22)10-5-3-6-12(8-10)15(17,18)19/h1-9H,(H,21,22)/b20-9-. The van der Waals surface area contributed by atoms with Crippen LogP contribution in [0.4, 0.5) is 13.2 Å². The van der Waals surface area contributed by atoms with E-state index in [9.17, 15) is 18.0 Å². The van der Waals surface area contributed by atoms with E-state index < -0.39 is 17.6 Å². The van der Waals surface area contributed by atoms with Gasteiger partial charge >= 0.3 is 6.18 Å². The first-order valence-corrected chi connectivity index (χ1v) is 6.51. The summed E-state index contributed by atoms with van der Waals surface area (Å²) < 4.78 is 37.7. The number of nitrogens with zero attached hydrogens (tertiary/aromatic N) is 1. The van der Waals surface area contributed by atoms with Crippen LogP contribution in [-0.2, 0) is 6.18 Å². The Balaban J connectivity index is 2.09. The maximum Gasteiger partial charge on any atom is 0.416 e. The van der Waals surface area contributed by atoms with E-state index in [1.807, 2.05) is 0 Å². The second-order valence-electron chi connectivity index (χ2n) is 4.30. The molecule has 1 amide bonds. The van der Waals surface area contributed by atoms with Crippen LogP contribution in [0.2, 0.25) is 5.02 Å². The molecule has 22 heavy (non-hydrogen) atoms. The lowest BCUT2D eigenvalue weighted by molar-refractivity contribution is -0.137. The molecule has 114 valence electrons. The molecule has 1 N–H and O–H groups in total. The molecule has 2 aromatic carbocycles. The van der Waals surface area contributed by atoms with Crippen molar-refractivity contribution in [2.24, 2.45) is 5.10 Å². The number of nitrogens with one attached hydrogen (secondary N) is 1. The lowest BCUT2D eigenvalue weighted by Crippen LogP contribution is -2.18. The number of alkyl halides is 3. The number of halogens is 4. The number of amides is 1. The topological polar surface area (TPSA) is 41.5 Å². The van der Waals surface area contributed by atoms with Crippen LogP contribution in [0.25, 0.3) is 0 Å². The van der Waals surface area contributed by atoms with E-state index >= 15 is 0 Å². The predicted molar refractivity (Wildman–Crippen MR) is 78.0 cm³/mol. The number of hydrogen-bond donors (Lipinski definition) is 1. The third kappa shape index (κ3) is 4.08. The summed E-state index contributed by atoms with van der Waals surface area (Å²) in [5, 5.41) is 4.12. The Morgan fingerprint density at radius 2 is 1.86 bits per heavy atom. The van der Waals surface area contributed by atoms with Gasteiger partial charge in [-0.1, -0.05) is 35.9 Å². The lowest BCUT2D eigenvalue weighted by atomic mass is 10.1. The zero-order valence-corrected chi connectivity index (χ0v) is 11.8. The van der Waals surface area contributed by atoms with Gasteiger partial charge in [0.15, 0.2) is 0 Å². The zero-order valence-electron chi connectivity index (χ0n) is 11.1. The van der Waals surface area contributed by atoms with Gasteiger partial charge in [-0.25, -0.2) is 5.43 Å². The summed E-state index contributed by atoms with van der Waals surface area (Å²) in [5.41, 5.74) is 1.71. The molecule has 0 saturated carbocycles. The van der Waals surface area contributed by atoms with Crippen molar-refractivity contribution in [3.05, 3.63) is 70.2 Å². The highest BCUT2D eigenvalue weighted by Crippen LogP contribution is 2.29. The van der Waals surface area contributed by atoms with Crippen molar-refractivity contribution in [3.63, 3.8) is 0 Å². The third-order valence-corrected chi connectivity index (χ3v) is 3.07. The van der Waals surface area contributed by atoms with Crippen molar-refractivity contribution in [3.8, 4) is 0 Å². The highest BCUT2D eigenvalue weighted by molar-refractivity contribution is 6.33. The second-order valence-corrected chi connectivity index (χ2v) is 4.71. The van der Waals surface area contributed by atoms with Gasteiger partial charge in [-0.2, -0.15) is 18.3 Å². The van der Waals surface area contributed by atoms with Crippen molar-refractivity contribution in [1.29, 1.82) is 0 Å². The van der Waals surface area contributed by atoms with Gasteiger partial charge in [0.25, 0.3) is 5.91 Å². The first-order valence-electron chi connectivity index (χ1n) is 6.13. The van der Waals surface area contributed by atoms with E-state index in [1.54, 1.807) is 24.3 Å². The highest BCUT2D eigenvalue weighted by Gasteiger charge is 2.30. The number of hydrazone groups is 1. The van der Waals surface area contributed by atoms with Crippen LogP contribution in [0, 0.1) is 0 Å². The highest BCUT2D eigenvalue weighted by atomic mass is 35.5. The van der Waals surface area contributed by atoms with Gasteiger partial charge < -0.3 is 0 Å². The summed E-state index contributed by atoms with van der Waals surface area (Å²) in [6.45, 7) is 0. The van der Waals surface area contributed by atoms with Gasteiger partial charge in [0.2, 0.25) is 0 Å². The summed E-state index contributed by atoms with van der Waals surface area (Å²) in [6.07, 6.45) is -3.19. The van der Waals surface area contributed by atoms with Crippen LogP contribution in [0.15, 0.2) is 53.6 Å². The van der Waals surface area contributed by atoms with E-state index in [2.05, 4.69) is 10.5 Å². The molecule has 0 radical (unpaired) electrons. The smallest absolute Gasteiger partial charge is 0.267 e. The normalized spacial score (nSPS) is 11.6. The Morgan fingerprint density at radius 1 is 1.14 bits per heavy atom. The van der Waals surface area contributed by atoms with Gasteiger partial charge in [0, 0.05) is 16.1 Å². The lowest BCUT2D eigenvalue weighted by Gasteiger charge is -2.07. The summed E-state index contributed by atoms with van der Waals surface area (Å²) in [5.74, 6) is -0.741. The van der Waals surface area contributed by atoms with Gasteiger partial charge in [-0.05, 0) is 24.3 Å². The van der Waals surface area contributed by atoms with Crippen LogP contribution in [0.5, 0.6) is 0 Å². The Hall–Kier alpha value is -2.34. The molecule has 0 saturated heterocycles. The molecule has 0 aliphatic rings. The molecular weight excluding hydrogens is 317 g/mol. The van der Waals surface area contributed by atoms with Gasteiger partial charge in [0.1, 0.15) is 0 Å². The molecular formula is C15H10ClF3N2O. The molecule has 0 aromatic heterocycles. The molecule has 7 heteroatoms. The molecule has 0 heterocycles. The van der Waals surface area contributed by atoms with E-state index in [4.69, 9.17) is 11.6 Å². The van der Waals surface area contributed by atoms with Crippen LogP contribution >= 0.6 is 11.6 Å². The van der Waals surface area contributed by atoms with Crippen molar-refractivity contribution < 1.29 is 18.0 Å². The van der Waals surface area contributed by atoms with E-state index in [-0.39, 0.29) is 5.56 Å². The fourth-order valence-corrected chi connectivity index (χ4v) is 1.83. The molecule has 0 fully saturated rings. The van der Waals surface area contributed by atoms with E-state index in [1.165, 1.54) is 12.3 Å². The largest absolute Gasteiger partial charge is 0.416 e. The van der Waals surface area contributed by atoms with Gasteiger partial charge in [-0.15, -0.1) is 0 Å². The number of hydrogen-bond acceptors (Lipinski definition) is 2. The first kappa shape index (κ1) is 16.0. The molecule has 3 nitrogen and oxygen atoms in total. The number of carbonyl (C=O) groups excluding carboxylic acids is 1. The Morgan fingerprint density at radius 3 is 2.55 bits per heavy atom. The molecule has 0 bridgehead atoms. The SMILES string of the molecule is O=C(N/N=C\c1ccccc1Cl)c1cccc(C(F)(F)F)c1. The summed E-state index contributed by atoms with van der Waals surface area (Å²) in [7, 11) is 0. The maximum atomic E-state index is 12.6. The zero-order chi connectivity index (χ0) is 16.2. The number of benzene rings is 2. The minimum atomic E-state index is -4.50. The fourth-order valence-electron chi connectivity index (χ4n) is 1.64. The van der Waals surface area contributed by atoms with Crippen LogP contribution in [-0.4, -0.2) is 12.1 Å². The van der Waals surface area contributed by atoms with Crippen LogP contribution in [0.3, 0.4) is 0 Å². The van der Waals surface area contributed by atoms with E-state index in [0.717, 1.165) is 18.2 Å². The summed E-state index contributed by atoms with van der Waals surface area (Å²) >= 11 is 5.90. The van der Waals surface area contributed by atoms with Crippen LogP contribution in [0.1, 0.15) is 21.5 Å². The maximum absolute atomic E-state index is 12.6. The number of rotatable bonds is 3. The minimum Gasteiger partial charge on any atom is -0.267 e. The summed E-state index contributed by atoms with van der Waals surface area (Å²) in [6, 6.07) is 10.9. The molecule has 2 rings (SSSR count). The molecule has 0 spiro atoms. The van der Waals surface area contributed by atoms with E-state index in [0.29, 0.717) is 10.6 Å². The van der Waals surface area contributed by atoms with Crippen LogP contribution < -0.4 is 5.43 Å². The third-order valence-electron chi connectivity index (χ3n) is 2.73. The molecule has 0 unspecified atom stereocenters. The van der Waals surface area contributed by atoms with Crippen molar-refractivity contribution in [2.75, 3.05) is 0 Å².